The number of benzene rings is 1. The largest absolute Gasteiger partial charge is 0.469 e. The summed E-state index contributed by atoms with van der Waals surface area (Å²) >= 11 is 1.57. The van der Waals surface area contributed by atoms with Crippen molar-refractivity contribution >= 4 is 19.2 Å². The Balaban J connectivity index is 1.74. The zero-order valence-electron chi connectivity index (χ0n) is 15.1. The lowest BCUT2D eigenvalue weighted by atomic mass is 9.98. The summed E-state index contributed by atoms with van der Waals surface area (Å²) in [6.07, 6.45) is 1.23. The molecule has 1 heterocycles. The highest BCUT2D eigenvalue weighted by Crippen LogP contribution is 2.37. The molecule has 146 valence electrons. The second-order valence-electron chi connectivity index (χ2n) is 6.46. The van der Waals surface area contributed by atoms with Crippen LogP contribution < -0.4 is 5.73 Å². The van der Waals surface area contributed by atoms with E-state index in [4.69, 9.17) is 20.3 Å². The smallest absolute Gasteiger partial charge is 0.364 e. The molecular weight excluding hydrogens is 385 g/mol. The van der Waals surface area contributed by atoms with Crippen molar-refractivity contribution in [3.63, 3.8) is 0 Å². The van der Waals surface area contributed by atoms with Crippen molar-refractivity contribution in [2.75, 3.05) is 13.2 Å². The molecule has 8 heteroatoms. The SMILES string of the molecule is CC(N)(CCc1ccc(C#CCOCc2ccccc2)s1)COP(=O)(O)O. The maximum Gasteiger partial charge on any atom is 0.469 e. The molecule has 0 amide bonds. The van der Waals surface area contributed by atoms with Crippen LogP contribution in [0.5, 0.6) is 0 Å². The fraction of sp³-hybridized carbons (Fsp3) is 0.368. The van der Waals surface area contributed by atoms with Crippen LogP contribution in [0.3, 0.4) is 0 Å². The normalized spacial score (nSPS) is 13.6. The third-order valence-corrected chi connectivity index (χ3v) is 5.19. The second-order valence-corrected chi connectivity index (χ2v) is 8.87. The van der Waals surface area contributed by atoms with E-state index in [2.05, 4.69) is 16.4 Å². The lowest BCUT2D eigenvalue weighted by Gasteiger charge is -2.24. The van der Waals surface area contributed by atoms with E-state index in [9.17, 15) is 4.57 Å². The molecule has 0 saturated carbocycles. The Hall–Kier alpha value is -1.49. The van der Waals surface area contributed by atoms with Crippen LogP contribution in [-0.4, -0.2) is 28.5 Å². The number of rotatable bonds is 9. The maximum absolute atomic E-state index is 10.8. The number of phosphoric ester groups is 1. The molecule has 1 unspecified atom stereocenters. The van der Waals surface area contributed by atoms with Gasteiger partial charge in [-0.15, -0.1) is 11.3 Å². The number of nitrogens with two attached hydrogens (primary N) is 1. The highest BCUT2D eigenvalue weighted by Gasteiger charge is 2.24. The van der Waals surface area contributed by atoms with E-state index in [0.717, 1.165) is 15.3 Å². The van der Waals surface area contributed by atoms with Crippen LogP contribution in [0.15, 0.2) is 42.5 Å². The fourth-order valence-electron chi connectivity index (χ4n) is 2.21. The molecule has 2 rings (SSSR count). The Bertz CT molecular complexity index is 819. The minimum absolute atomic E-state index is 0.200. The first-order valence-electron chi connectivity index (χ1n) is 8.42. The van der Waals surface area contributed by atoms with Crippen LogP contribution >= 0.6 is 19.2 Å². The summed E-state index contributed by atoms with van der Waals surface area (Å²) in [5, 5.41) is 0. The molecule has 0 bridgehead atoms. The summed E-state index contributed by atoms with van der Waals surface area (Å²) in [5.41, 5.74) is 6.33. The average molecular weight is 409 g/mol. The van der Waals surface area contributed by atoms with Gasteiger partial charge < -0.3 is 20.3 Å². The summed E-state index contributed by atoms with van der Waals surface area (Å²) in [6, 6.07) is 13.9. The van der Waals surface area contributed by atoms with Crippen molar-refractivity contribution in [3.05, 3.63) is 57.8 Å². The lowest BCUT2D eigenvalue weighted by molar-refractivity contribution is 0.153. The van der Waals surface area contributed by atoms with Crippen molar-refractivity contribution in [2.45, 2.75) is 31.9 Å². The molecule has 0 spiro atoms. The van der Waals surface area contributed by atoms with E-state index < -0.39 is 13.4 Å². The van der Waals surface area contributed by atoms with E-state index >= 15 is 0 Å². The van der Waals surface area contributed by atoms with Crippen LogP contribution in [0.25, 0.3) is 0 Å². The predicted molar refractivity (Wildman–Crippen MR) is 106 cm³/mol. The minimum Gasteiger partial charge on any atom is -0.364 e. The van der Waals surface area contributed by atoms with Crippen LogP contribution in [0.2, 0.25) is 0 Å². The highest BCUT2D eigenvalue weighted by atomic mass is 32.1. The summed E-state index contributed by atoms with van der Waals surface area (Å²) in [7, 11) is -4.50. The average Bonchev–Trinajstić information content (AvgIpc) is 3.07. The van der Waals surface area contributed by atoms with E-state index in [-0.39, 0.29) is 6.61 Å². The summed E-state index contributed by atoms with van der Waals surface area (Å²) in [5.74, 6) is 6.08. The van der Waals surface area contributed by atoms with Gasteiger partial charge in [-0.1, -0.05) is 42.2 Å². The van der Waals surface area contributed by atoms with Gasteiger partial charge in [-0.25, -0.2) is 4.57 Å². The van der Waals surface area contributed by atoms with Gasteiger partial charge in [-0.3, -0.25) is 4.52 Å². The van der Waals surface area contributed by atoms with Crippen LogP contribution in [0.1, 0.15) is 28.7 Å². The van der Waals surface area contributed by atoms with Gasteiger partial charge in [0.25, 0.3) is 0 Å². The Morgan fingerprint density at radius 2 is 1.96 bits per heavy atom. The third-order valence-electron chi connectivity index (χ3n) is 3.66. The van der Waals surface area contributed by atoms with Gasteiger partial charge in [0, 0.05) is 10.4 Å². The molecule has 27 heavy (non-hydrogen) atoms. The van der Waals surface area contributed by atoms with Crippen molar-refractivity contribution in [3.8, 4) is 11.8 Å². The van der Waals surface area contributed by atoms with Crippen LogP contribution in [0.4, 0.5) is 0 Å². The van der Waals surface area contributed by atoms with Gasteiger partial charge in [-0.05, 0) is 37.5 Å². The molecule has 0 aliphatic carbocycles. The van der Waals surface area contributed by atoms with Gasteiger partial charge in [-0.2, -0.15) is 0 Å². The van der Waals surface area contributed by atoms with Gasteiger partial charge in [0.05, 0.1) is 18.1 Å². The Labute approximate surface area is 163 Å². The first kappa shape index (κ1) is 21.8. The number of phosphoric acid groups is 1. The molecule has 1 aromatic carbocycles. The lowest BCUT2D eigenvalue weighted by Crippen LogP contribution is -2.41. The molecule has 2 aromatic rings. The van der Waals surface area contributed by atoms with Crippen molar-refractivity contribution in [1.29, 1.82) is 0 Å². The molecule has 0 aliphatic rings. The third kappa shape index (κ3) is 9.32. The van der Waals surface area contributed by atoms with Crippen LogP contribution in [0, 0.1) is 11.8 Å². The summed E-state index contributed by atoms with van der Waals surface area (Å²) in [6.45, 7) is 2.41. The number of thiophene rings is 1. The number of aryl methyl sites for hydroxylation is 1. The van der Waals surface area contributed by atoms with Crippen molar-refractivity contribution < 1.29 is 23.6 Å². The first-order chi connectivity index (χ1) is 12.7. The molecule has 1 aromatic heterocycles. The van der Waals surface area contributed by atoms with Gasteiger partial charge in [0.2, 0.25) is 0 Å². The molecular formula is C19H24NO5PS. The Morgan fingerprint density at radius 1 is 1.22 bits per heavy atom. The predicted octanol–water partition coefficient (Wildman–Crippen LogP) is 3.08. The Kier molecular flexibility index (Phi) is 8.21. The Morgan fingerprint density at radius 3 is 2.67 bits per heavy atom. The van der Waals surface area contributed by atoms with E-state index in [0.29, 0.717) is 26.1 Å². The van der Waals surface area contributed by atoms with Crippen molar-refractivity contribution in [1.82, 2.24) is 0 Å². The fourth-order valence-corrected chi connectivity index (χ4v) is 3.55. The van der Waals surface area contributed by atoms with Crippen LogP contribution in [-0.2, 0) is 26.9 Å². The minimum atomic E-state index is -4.50. The summed E-state index contributed by atoms with van der Waals surface area (Å²) in [4.78, 5) is 19.6. The summed E-state index contributed by atoms with van der Waals surface area (Å²) < 4.78 is 20.8. The maximum atomic E-state index is 10.8. The van der Waals surface area contributed by atoms with E-state index in [1.165, 1.54) is 0 Å². The quantitative estimate of drug-likeness (QED) is 0.334. The molecule has 6 nitrogen and oxygen atoms in total. The van der Waals surface area contributed by atoms with Gasteiger partial charge in [0.15, 0.2) is 0 Å². The molecule has 1 atom stereocenters. The highest BCUT2D eigenvalue weighted by molar-refractivity contribution is 7.46. The zero-order chi connectivity index (χ0) is 19.8. The number of hydrogen-bond donors (Lipinski definition) is 3. The van der Waals surface area contributed by atoms with Gasteiger partial charge in [0.1, 0.15) is 6.61 Å². The number of hydrogen-bond acceptors (Lipinski definition) is 5. The molecule has 0 fully saturated rings. The zero-order valence-corrected chi connectivity index (χ0v) is 16.8. The molecule has 0 aliphatic heterocycles. The first-order valence-corrected chi connectivity index (χ1v) is 10.8. The molecule has 0 radical (unpaired) electrons. The van der Waals surface area contributed by atoms with Crippen molar-refractivity contribution in [2.24, 2.45) is 5.73 Å². The second kappa shape index (κ2) is 10.2. The molecule has 4 N–H and O–H groups in total. The molecule has 0 saturated heterocycles. The van der Waals surface area contributed by atoms with E-state index in [1.807, 2.05) is 42.5 Å². The topological polar surface area (TPSA) is 102 Å². The van der Waals surface area contributed by atoms with E-state index in [1.54, 1.807) is 18.3 Å². The number of ether oxygens (including phenoxy) is 1. The monoisotopic (exact) mass is 409 g/mol. The van der Waals surface area contributed by atoms with Gasteiger partial charge >= 0.3 is 7.82 Å². The standard InChI is InChI=1S/C19H24NO5PS/c1-19(20,15-25-26(21,22)23)12-11-18-10-9-17(27-18)8-5-13-24-14-16-6-3-2-4-7-16/h2-4,6-7,9-10H,11-15,20H2,1H3,(H2,21,22,23).